The summed E-state index contributed by atoms with van der Waals surface area (Å²) in [6, 6.07) is 9.91. The molecule has 1 saturated carbocycles. The molecular weight excluding hydrogens is 358 g/mol. The van der Waals surface area contributed by atoms with Crippen molar-refractivity contribution in [2.24, 2.45) is 0 Å². The molecule has 142 valence electrons. The summed E-state index contributed by atoms with van der Waals surface area (Å²) in [5, 5.41) is 7.07. The highest BCUT2D eigenvalue weighted by molar-refractivity contribution is 7.13. The number of amides is 2. The van der Waals surface area contributed by atoms with Crippen molar-refractivity contribution < 1.29 is 9.59 Å². The van der Waals surface area contributed by atoms with Crippen molar-refractivity contribution in [3.8, 4) is 0 Å². The van der Waals surface area contributed by atoms with Crippen LogP contribution in [0.2, 0.25) is 0 Å². The molecule has 0 saturated heterocycles. The van der Waals surface area contributed by atoms with Gasteiger partial charge in [0.15, 0.2) is 0 Å². The Hall–Kier alpha value is -2.47. The topological polar surface area (TPSA) is 71.1 Å². The molecule has 0 aliphatic heterocycles. The highest BCUT2D eigenvalue weighted by Gasteiger charge is 2.25. The highest BCUT2D eigenvalue weighted by atomic mass is 32.1. The van der Waals surface area contributed by atoms with Gasteiger partial charge in [0.05, 0.1) is 10.7 Å². The van der Waals surface area contributed by atoms with Crippen LogP contribution in [0.1, 0.15) is 51.6 Å². The number of nitrogens with one attached hydrogen (secondary N) is 2. The van der Waals surface area contributed by atoms with Gasteiger partial charge in [-0.05, 0) is 51.2 Å². The maximum atomic E-state index is 12.5. The van der Waals surface area contributed by atoms with Crippen molar-refractivity contribution in [1.82, 2.24) is 15.6 Å². The largest absolute Gasteiger partial charge is 0.350 e. The lowest BCUT2D eigenvalue weighted by Crippen LogP contribution is -2.45. The fourth-order valence-corrected chi connectivity index (χ4v) is 4.25. The quantitative estimate of drug-likeness (QED) is 0.775. The molecule has 2 aromatic rings. The minimum Gasteiger partial charge on any atom is -0.350 e. The van der Waals surface area contributed by atoms with Crippen molar-refractivity contribution in [2.75, 3.05) is 0 Å². The van der Waals surface area contributed by atoms with E-state index in [2.05, 4.69) is 15.6 Å². The predicted octanol–water partition coefficient (Wildman–Crippen LogP) is 3.63. The second-order valence-electron chi connectivity index (χ2n) is 6.93. The molecule has 2 amide bonds. The third kappa shape index (κ3) is 5.50. The van der Waals surface area contributed by atoms with Gasteiger partial charge in [-0.2, -0.15) is 0 Å². The Labute approximate surface area is 163 Å². The van der Waals surface area contributed by atoms with Crippen LogP contribution in [0.15, 0.2) is 36.4 Å². The molecule has 1 fully saturated rings. The zero-order valence-corrected chi connectivity index (χ0v) is 16.5. The number of benzene rings is 1. The number of hydrogen-bond donors (Lipinski definition) is 2. The van der Waals surface area contributed by atoms with Crippen molar-refractivity contribution >= 4 is 29.2 Å². The van der Waals surface area contributed by atoms with Crippen molar-refractivity contribution in [1.29, 1.82) is 0 Å². The van der Waals surface area contributed by atoms with Crippen LogP contribution in [0, 0.1) is 13.8 Å². The Morgan fingerprint density at radius 3 is 2.48 bits per heavy atom. The summed E-state index contributed by atoms with van der Waals surface area (Å²) in [4.78, 5) is 29.7. The van der Waals surface area contributed by atoms with Crippen molar-refractivity contribution in [3.05, 3.63) is 57.6 Å². The number of thiazole rings is 1. The van der Waals surface area contributed by atoms with Gasteiger partial charge in [-0.25, -0.2) is 4.98 Å². The maximum Gasteiger partial charge on any atom is 0.263 e. The van der Waals surface area contributed by atoms with Gasteiger partial charge in [-0.3, -0.25) is 9.59 Å². The van der Waals surface area contributed by atoms with E-state index >= 15 is 0 Å². The van der Waals surface area contributed by atoms with Gasteiger partial charge < -0.3 is 10.6 Å². The maximum absolute atomic E-state index is 12.5. The van der Waals surface area contributed by atoms with E-state index in [9.17, 15) is 9.59 Å². The zero-order chi connectivity index (χ0) is 19.2. The summed E-state index contributed by atoms with van der Waals surface area (Å²) in [5.74, 6) is -0.149. The number of carbonyl (C=O) groups excluding carboxylic acids is 2. The van der Waals surface area contributed by atoms with Crippen molar-refractivity contribution in [2.45, 2.75) is 51.6 Å². The molecule has 1 heterocycles. The minimum absolute atomic E-state index is 0.0564. The first-order chi connectivity index (χ1) is 13.0. The summed E-state index contributed by atoms with van der Waals surface area (Å²) in [6.07, 6.45) is 7.00. The molecule has 1 aliphatic carbocycles. The number of aromatic nitrogens is 1. The predicted molar refractivity (Wildman–Crippen MR) is 109 cm³/mol. The monoisotopic (exact) mass is 383 g/mol. The zero-order valence-electron chi connectivity index (χ0n) is 15.7. The molecule has 3 rings (SSSR count). The Morgan fingerprint density at radius 1 is 1.11 bits per heavy atom. The van der Waals surface area contributed by atoms with Gasteiger partial charge in [0.25, 0.3) is 5.91 Å². The number of hydrogen-bond acceptors (Lipinski definition) is 4. The van der Waals surface area contributed by atoms with Crippen LogP contribution in [-0.2, 0) is 4.79 Å². The van der Waals surface area contributed by atoms with Gasteiger partial charge in [-0.1, -0.05) is 30.3 Å². The summed E-state index contributed by atoms with van der Waals surface area (Å²) in [7, 11) is 0. The molecule has 5 nitrogen and oxygen atoms in total. The molecule has 1 aromatic heterocycles. The molecule has 1 aliphatic rings. The summed E-state index contributed by atoms with van der Waals surface area (Å²) < 4.78 is 0. The van der Waals surface area contributed by atoms with Crippen LogP contribution >= 0.6 is 11.3 Å². The van der Waals surface area contributed by atoms with E-state index in [1.54, 1.807) is 6.08 Å². The van der Waals surface area contributed by atoms with E-state index in [1.807, 2.05) is 50.3 Å². The Balaban J connectivity index is 1.51. The van der Waals surface area contributed by atoms with Gasteiger partial charge in [0.2, 0.25) is 5.91 Å². The Kier molecular flexibility index (Phi) is 6.40. The van der Waals surface area contributed by atoms with Crippen LogP contribution in [0.3, 0.4) is 0 Å². The molecule has 2 N–H and O–H groups in total. The fraction of sp³-hybridized carbons (Fsp3) is 0.381. The van der Waals surface area contributed by atoms with Gasteiger partial charge in [-0.15, -0.1) is 11.3 Å². The lowest BCUT2D eigenvalue weighted by molar-refractivity contribution is -0.117. The number of nitrogens with zero attached hydrogens (tertiary/aromatic N) is 1. The molecule has 0 unspecified atom stereocenters. The van der Waals surface area contributed by atoms with Crippen LogP contribution in [0.4, 0.5) is 0 Å². The molecule has 6 heteroatoms. The molecule has 2 atom stereocenters. The third-order valence-electron chi connectivity index (χ3n) is 4.69. The second kappa shape index (κ2) is 8.95. The molecule has 0 spiro atoms. The highest BCUT2D eigenvalue weighted by Crippen LogP contribution is 2.21. The van der Waals surface area contributed by atoms with E-state index in [-0.39, 0.29) is 23.9 Å². The first-order valence-corrected chi connectivity index (χ1v) is 10.1. The van der Waals surface area contributed by atoms with Crippen LogP contribution in [0.25, 0.3) is 6.08 Å². The van der Waals surface area contributed by atoms with E-state index in [1.165, 1.54) is 11.3 Å². The average Bonchev–Trinajstić information content (AvgIpc) is 2.99. The minimum atomic E-state index is -0.0928. The summed E-state index contributed by atoms with van der Waals surface area (Å²) in [6.45, 7) is 3.77. The van der Waals surface area contributed by atoms with Gasteiger partial charge in [0.1, 0.15) is 4.88 Å². The SMILES string of the molecule is Cc1nc(C)c(C(=O)N[C@@H]2CCC[C@@H](NC(=O)C=Cc3ccccc3)C2)s1. The average molecular weight is 384 g/mol. The number of carbonyl (C=O) groups is 2. The smallest absolute Gasteiger partial charge is 0.263 e. The lowest BCUT2D eigenvalue weighted by atomic mass is 9.91. The molecule has 1 aromatic carbocycles. The second-order valence-corrected chi connectivity index (χ2v) is 8.14. The van der Waals surface area contributed by atoms with Gasteiger partial charge in [0, 0.05) is 18.2 Å². The Bertz CT molecular complexity index is 829. The van der Waals surface area contributed by atoms with E-state index in [0.717, 1.165) is 41.9 Å². The molecule has 0 bridgehead atoms. The first kappa shape index (κ1) is 19.3. The van der Waals surface area contributed by atoms with E-state index in [4.69, 9.17) is 0 Å². The Morgan fingerprint density at radius 2 is 1.81 bits per heavy atom. The van der Waals surface area contributed by atoms with Gasteiger partial charge >= 0.3 is 0 Å². The summed E-state index contributed by atoms with van der Waals surface area (Å²) in [5.41, 5.74) is 1.78. The fourth-order valence-electron chi connectivity index (χ4n) is 3.43. The molecule has 0 radical (unpaired) electrons. The number of aryl methyl sites for hydroxylation is 2. The van der Waals surface area contributed by atoms with Crippen molar-refractivity contribution in [3.63, 3.8) is 0 Å². The van der Waals surface area contributed by atoms with Crippen LogP contribution in [-0.4, -0.2) is 28.9 Å². The number of rotatable bonds is 5. The molecular formula is C21H25N3O2S. The van der Waals surface area contributed by atoms with E-state index < -0.39 is 0 Å². The molecule has 27 heavy (non-hydrogen) atoms. The van der Waals surface area contributed by atoms with Crippen LogP contribution < -0.4 is 10.6 Å². The lowest BCUT2D eigenvalue weighted by Gasteiger charge is -2.30. The third-order valence-corrected chi connectivity index (χ3v) is 5.76. The van der Waals surface area contributed by atoms with E-state index in [0.29, 0.717) is 4.88 Å². The first-order valence-electron chi connectivity index (χ1n) is 9.30. The van der Waals surface area contributed by atoms with Crippen LogP contribution in [0.5, 0.6) is 0 Å². The summed E-state index contributed by atoms with van der Waals surface area (Å²) >= 11 is 1.42. The normalized spacial score (nSPS) is 19.8. The standard InChI is InChI=1S/C21H25N3O2S/c1-14-20(27-15(2)22-14)21(26)24-18-10-6-9-17(13-18)23-19(25)12-11-16-7-4-3-5-8-16/h3-5,7-8,11-12,17-18H,6,9-10,13H2,1-2H3,(H,23,25)(H,24,26)/t17-,18-/m1/s1.